The fourth-order valence-corrected chi connectivity index (χ4v) is 3.59. The lowest BCUT2D eigenvalue weighted by Crippen LogP contribution is -2.45. The summed E-state index contributed by atoms with van der Waals surface area (Å²) in [6.07, 6.45) is 2.38. The second-order valence-electron chi connectivity index (χ2n) is 8.84. The smallest absolute Gasteiger partial charge is 0.305 e. The Hall–Kier alpha value is -3.90. The summed E-state index contributed by atoms with van der Waals surface area (Å²) >= 11 is 0. The van der Waals surface area contributed by atoms with Crippen molar-refractivity contribution in [3.63, 3.8) is 0 Å². The van der Waals surface area contributed by atoms with Crippen molar-refractivity contribution >= 4 is 17.8 Å². The minimum atomic E-state index is -0.934. The number of carboxylic acid groups (broad SMARTS) is 1. The molecule has 0 aliphatic carbocycles. The van der Waals surface area contributed by atoms with E-state index in [2.05, 4.69) is 20.6 Å². The number of halogens is 1. The van der Waals surface area contributed by atoms with Crippen molar-refractivity contribution in [2.75, 3.05) is 31.6 Å². The zero-order valence-corrected chi connectivity index (χ0v) is 19.9. The lowest BCUT2D eigenvalue weighted by atomic mass is 9.92. The SMILES string of the molecule is CC(=O)NCC1(C)COC(c2nc(-c3ccc(F)cc3)cn2-c2ccnc(NCCC(=O)O)n2)OC1. The van der Waals surface area contributed by atoms with E-state index in [9.17, 15) is 14.0 Å². The van der Waals surface area contributed by atoms with Crippen molar-refractivity contribution in [3.8, 4) is 17.1 Å². The van der Waals surface area contributed by atoms with E-state index in [0.29, 0.717) is 42.7 Å². The van der Waals surface area contributed by atoms with E-state index in [0.717, 1.165) is 0 Å². The molecule has 3 heterocycles. The number of amides is 1. The highest BCUT2D eigenvalue weighted by atomic mass is 19.1. The second-order valence-corrected chi connectivity index (χ2v) is 8.84. The topological polar surface area (TPSA) is 140 Å². The fourth-order valence-electron chi connectivity index (χ4n) is 3.59. The third kappa shape index (κ3) is 6.20. The van der Waals surface area contributed by atoms with Gasteiger partial charge in [0.25, 0.3) is 0 Å². The van der Waals surface area contributed by atoms with E-state index in [1.165, 1.54) is 19.1 Å². The molecule has 1 aliphatic rings. The van der Waals surface area contributed by atoms with Gasteiger partial charge in [-0.3, -0.25) is 14.2 Å². The van der Waals surface area contributed by atoms with Crippen LogP contribution in [0.25, 0.3) is 17.1 Å². The van der Waals surface area contributed by atoms with Gasteiger partial charge in [0.05, 0.1) is 25.3 Å². The summed E-state index contributed by atoms with van der Waals surface area (Å²) < 4.78 is 27.2. The van der Waals surface area contributed by atoms with E-state index in [1.54, 1.807) is 35.2 Å². The largest absolute Gasteiger partial charge is 0.481 e. The highest BCUT2D eigenvalue weighted by molar-refractivity contribution is 5.72. The minimum absolute atomic E-state index is 0.0837. The molecule has 4 rings (SSSR count). The first-order valence-electron chi connectivity index (χ1n) is 11.3. The maximum atomic E-state index is 13.5. The van der Waals surface area contributed by atoms with E-state index in [1.807, 2.05) is 6.92 Å². The lowest BCUT2D eigenvalue weighted by Gasteiger charge is -2.37. The Balaban J connectivity index is 1.62. The zero-order chi connectivity index (χ0) is 25.7. The molecule has 0 unspecified atom stereocenters. The maximum absolute atomic E-state index is 13.5. The first-order chi connectivity index (χ1) is 17.2. The number of imidazole rings is 1. The third-order valence-electron chi connectivity index (χ3n) is 5.52. The van der Waals surface area contributed by atoms with Gasteiger partial charge in [0.1, 0.15) is 11.6 Å². The molecule has 12 heteroatoms. The number of nitrogens with one attached hydrogen (secondary N) is 2. The van der Waals surface area contributed by atoms with E-state index >= 15 is 0 Å². The van der Waals surface area contributed by atoms with Gasteiger partial charge in [-0.25, -0.2) is 14.4 Å². The van der Waals surface area contributed by atoms with Gasteiger partial charge in [-0.2, -0.15) is 4.98 Å². The van der Waals surface area contributed by atoms with E-state index in [-0.39, 0.29) is 30.6 Å². The molecule has 1 saturated heterocycles. The van der Waals surface area contributed by atoms with Crippen LogP contribution in [-0.4, -0.2) is 62.8 Å². The molecule has 3 aromatic rings. The number of carbonyl (C=O) groups is 2. The number of rotatable bonds is 9. The Labute approximate surface area is 206 Å². The van der Waals surface area contributed by atoms with Crippen LogP contribution in [-0.2, 0) is 19.1 Å². The van der Waals surface area contributed by atoms with Gasteiger partial charge >= 0.3 is 5.97 Å². The standard InChI is InChI=1S/C24H27FN6O5/c1-15(32)28-12-24(2)13-35-22(36-14-24)21-29-18(16-3-5-17(25)6-4-16)11-31(21)19-7-9-26-23(30-19)27-10-8-20(33)34/h3-7,9,11,22H,8,10,12-14H2,1-2H3,(H,28,32)(H,33,34)(H,26,27,30). The van der Waals surface area contributed by atoms with Crippen molar-refractivity contribution in [3.05, 3.63) is 54.4 Å². The Morgan fingerprint density at radius 1 is 1.19 bits per heavy atom. The molecule has 3 N–H and O–H groups in total. The molecule has 0 saturated carbocycles. The second kappa shape index (κ2) is 10.8. The Morgan fingerprint density at radius 3 is 2.58 bits per heavy atom. The van der Waals surface area contributed by atoms with Crippen molar-refractivity contribution in [1.29, 1.82) is 0 Å². The number of benzene rings is 1. The normalized spacial score (nSPS) is 19.6. The number of ether oxygens (including phenoxy) is 2. The van der Waals surface area contributed by atoms with E-state index in [4.69, 9.17) is 19.6 Å². The Morgan fingerprint density at radius 2 is 1.92 bits per heavy atom. The van der Waals surface area contributed by atoms with Crippen LogP contribution in [0.3, 0.4) is 0 Å². The molecule has 36 heavy (non-hydrogen) atoms. The summed E-state index contributed by atoms with van der Waals surface area (Å²) in [5.41, 5.74) is 0.842. The van der Waals surface area contributed by atoms with Gasteiger partial charge < -0.3 is 25.2 Å². The predicted molar refractivity (Wildman–Crippen MR) is 127 cm³/mol. The van der Waals surface area contributed by atoms with Crippen LogP contribution in [0.5, 0.6) is 0 Å². The van der Waals surface area contributed by atoms with Gasteiger partial charge in [0.2, 0.25) is 18.1 Å². The van der Waals surface area contributed by atoms with Crippen LogP contribution in [0.1, 0.15) is 32.4 Å². The van der Waals surface area contributed by atoms with Gasteiger partial charge in [-0.15, -0.1) is 0 Å². The van der Waals surface area contributed by atoms with Crippen molar-refractivity contribution in [1.82, 2.24) is 24.8 Å². The average molecular weight is 499 g/mol. The van der Waals surface area contributed by atoms with Crippen LogP contribution in [0.4, 0.5) is 10.3 Å². The van der Waals surface area contributed by atoms with Crippen LogP contribution >= 0.6 is 0 Å². The van der Waals surface area contributed by atoms with E-state index < -0.39 is 17.7 Å². The molecule has 0 atom stereocenters. The fraction of sp³-hybridized carbons (Fsp3) is 0.375. The number of nitrogens with zero attached hydrogens (tertiary/aromatic N) is 4. The van der Waals surface area contributed by atoms with Crippen molar-refractivity contribution in [2.45, 2.75) is 26.6 Å². The van der Waals surface area contributed by atoms with Crippen molar-refractivity contribution in [2.24, 2.45) is 5.41 Å². The molecule has 0 radical (unpaired) electrons. The number of hydrogen-bond acceptors (Lipinski definition) is 8. The average Bonchev–Trinajstić information content (AvgIpc) is 3.29. The molecular weight excluding hydrogens is 471 g/mol. The monoisotopic (exact) mass is 498 g/mol. The number of hydrogen-bond donors (Lipinski definition) is 3. The zero-order valence-electron chi connectivity index (χ0n) is 19.9. The number of aromatic nitrogens is 4. The molecule has 0 spiro atoms. The maximum Gasteiger partial charge on any atom is 0.305 e. The third-order valence-corrected chi connectivity index (χ3v) is 5.52. The summed E-state index contributed by atoms with van der Waals surface area (Å²) in [5, 5.41) is 14.6. The Kier molecular flexibility index (Phi) is 7.55. The molecule has 1 aliphatic heterocycles. The summed E-state index contributed by atoms with van der Waals surface area (Å²) in [4.78, 5) is 35.5. The quantitative estimate of drug-likeness (QED) is 0.406. The molecule has 1 aromatic carbocycles. The van der Waals surface area contributed by atoms with Gasteiger partial charge in [0.15, 0.2) is 5.82 Å². The van der Waals surface area contributed by atoms with Crippen molar-refractivity contribution < 1.29 is 28.6 Å². The molecule has 1 fully saturated rings. The highest BCUT2D eigenvalue weighted by Gasteiger charge is 2.36. The van der Waals surface area contributed by atoms with Crippen LogP contribution in [0.2, 0.25) is 0 Å². The first kappa shape index (κ1) is 25.2. The molecular formula is C24H27FN6O5. The number of anilines is 1. The lowest BCUT2D eigenvalue weighted by molar-refractivity contribution is -0.232. The summed E-state index contributed by atoms with van der Waals surface area (Å²) in [6, 6.07) is 7.62. The molecule has 11 nitrogen and oxygen atoms in total. The van der Waals surface area contributed by atoms with Gasteiger partial charge in [-0.1, -0.05) is 6.92 Å². The summed E-state index contributed by atoms with van der Waals surface area (Å²) in [5.74, 6) is -0.289. The Bertz CT molecular complexity index is 1220. The predicted octanol–water partition coefficient (Wildman–Crippen LogP) is 2.54. The molecule has 190 valence electrons. The number of aliphatic carboxylic acids is 1. The van der Waals surface area contributed by atoms with Crippen LogP contribution in [0.15, 0.2) is 42.7 Å². The number of carbonyl (C=O) groups excluding carboxylic acids is 1. The first-order valence-corrected chi connectivity index (χ1v) is 11.3. The highest BCUT2D eigenvalue weighted by Crippen LogP contribution is 2.33. The van der Waals surface area contributed by atoms with Crippen LogP contribution < -0.4 is 10.6 Å². The number of carboxylic acids is 1. The van der Waals surface area contributed by atoms with Gasteiger partial charge in [-0.05, 0) is 30.3 Å². The van der Waals surface area contributed by atoms with Gasteiger partial charge in [0, 0.05) is 43.4 Å². The summed E-state index contributed by atoms with van der Waals surface area (Å²) in [6.45, 7) is 4.62. The summed E-state index contributed by atoms with van der Waals surface area (Å²) in [7, 11) is 0. The minimum Gasteiger partial charge on any atom is -0.481 e. The van der Waals surface area contributed by atoms with Crippen LogP contribution in [0, 0.1) is 11.2 Å². The molecule has 0 bridgehead atoms. The molecule has 1 amide bonds. The molecule has 2 aromatic heterocycles.